The van der Waals surface area contributed by atoms with Gasteiger partial charge in [-0.2, -0.15) is 4.31 Å². The van der Waals surface area contributed by atoms with Crippen molar-refractivity contribution in [3.05, 3.63) is 18.2 Å². The van der Waals surface area contributed by atoms with E-state index in [1.807, 2.05) is 0 Å². The summed E-state index contributed by atoms with van der Waals surface area (Å²) in [6, 6.07) is 4.60. The number of nitrogens with zero attached hydrogens (tertiary/aromatic N) is 2. The van der Waals surface area contributed by atoms with Crippen molar-refractivity contribution in [2.75, 3.05) is 32.9 Å². The first-order valence-electron chi connectivity index (χ1n) is 7.86. The molecule has 10 heteroatoms. The maximum Gasteiger partial charge on any atom is 0.319 e. The van der Waals surface area contributed by atoms with Crippen LogP contribution < -0.4 is 0 Å². The highest BCUT2D eigenvalue weighted by Crippen LogP contribution is 2.32. The molecule has 1 aromatic heterocycles. The van der Waals surface area contributed by atoms with E-state index in [1.54, 1.807) is 6.07 Å². The molecular weight excluding hydrogens is 368 g/mol. The van der Waals surface area contributed by atoms with Crippen LogP contribution in [0.15, 0.2) is 32.7 Å². The first-order chi connectivity index (χ1) is 12.0. The van der Waals surface area contributed by atoms with Crippen LogP contribution in [0.4, 0.5) is 0 Å². The Hall–Kier alpha value is -1.62. The summed E-state index contributed by atoms with van der Waals surface area (Å²) in [6.07, 6.45) is 0.610. The number of morpholine rings is 1. The normalized spacial score (nSPS) is 22.4. The second kappa shape index (κ2) is 6.60. The van der Waals surface area contributed by atoms with Crippen molar-refractivity contribution < 1.29 is 27.1 Å². The quantitative estimate of drug-likeness (QED) is 0.727. The smallest absolute Gasteiger partial charge is 0.319 e. The molecule has 0 aliphatic carbocycles. The van der Waals surface area contributed by atoms with E-state index >= 15 is 0 Å². The summed E-state index contributed by atoms with van der Waals surface area (Å²) in [6.45, 7) is 1.86. The maximum atomic E-state index is 12.7. The standard InChI is InChI=1S/C15H16N2O6S2/c18-14-13(3-6-22-14)24-15-16-11-9-10(1-2-12(11)23-15)25(19,20)17-4-7-21-8-5-17/h1-2,9,13H,3-8H2/t13-/m1/s1. The van der Waals surface area contributed by atoms with Crippen LogP contribution in [0.5, 0.6) is 0 Å². The van der Waals surface area contributed by atoms with E-state index in [2.05, 4.69) is 4.98 Å². The highest BCUT2D eigenvalue weighted by atomic mass is 32.2. The summed E-state index contributed by atoms with van der Waals surface area (Å²) in [5, 5.41) is 0.00406. The number of ether oxygens (including phenoxy) is 2. The molecule has 4 rings (SSSR count). The van der Waals surface area contributed by atoms with Gasteiger partial charge in [0.2, 0.25) is 10.0 Å². The number of carbonyl (C=O) groups excluding carboxylic acids is 1. The van der Waals surface area contributed by atoms with Crippen molar-refractivity contribution in [1.29, 1.82) is 0 Å². The van der Waals surface area contributed by atoms with E-state index in [4.69, 9.17) is 13.9 Å². The fourth-order valence-electron chi connectivity index (χ4n) is 2.74. The average molecular weight is 384 g/mol. The SMILES string of the molecule is O=C1OCC[C@H]1Sc1nc2cc(S(=O)(=O)N3CCOCC3)ccc2o1. The summed E-state index contributed by atoms with van der Waals surface area (Å²) < 4.78 is 42.5. The van der Waals surface area contributed by atoms with E-state index in [9.17, 15) is 13.2 Å². The van der Waals surface area contributed by atoms with Crippen molar-refractivity contribution >= 4 is 38.9 Å². The third-order valence-electron chi connectivity index (χ3n) is 4.08. The van der Waals surface area contributed by atoms with Crippen molar-refractivity contribution in [2.45, 2.75) is 21.8 Å². The monoisotopic (exact) mass is 384 g/mol. The molecule has 0 N–H and O–H groups in total. The minimum atomic E-state index is -3.58. The van der Waals surface area contributed by atoms with E-state index in [0.29, 0.717) is 55.7 Å². The number of cyclic esters (lactones) is 1. The maximum absolute atomic E-state index is 12.7. The van der Waals surface area contributed by atoms with Crippen LogP contribution >= 0.6 is 11.8 Å². The molecule has 2 aliphatic heterocycles. The molecule has 2 aliphatic rings. The lowest BCUT2D eigenvalue weighted by Crippen LogP contribution is -2.40. The Morgan fingerprint density at radius 2 is 2.00 bits per heavy atom. The lowest BCUT2D eigenvalue weighted by Gasteiger charge is -2.25. The molecule has 2 fully saturated rings. The molecule has 1 atom stereocenters. The predicted molar refractivity (Wildman–Crippen MR) is 88.8 cm³/mol. The summed E-state index contributed by atoms with van der Waals surface area (Å²) in [5.41, 5.74) is 0.929. The van der Waals surface area contributed by atoms with Crippen LogP contribution in [-0.4, -0.2) is 61.8 Å². The molecule has 2 aromatic rings. The number of rotatable bonds is 4. The van der Waals surface area contributed by atoms with Gasteiger partial charge in [-0.25, -0.2) is 13.4 Å². The Morgan fingerprint density at radius 3 is 2.72 bits per heavy atom. The highest BCUT2D eigenvalue weighted by Gasteiger charge is 2.30. The van der Waals surface area contributed by atoms with Gasteiger partial charge in [-0.3, -0.25) is 4.79 Å². The Balaban J connectivity index is 1.60. The summed E-state index contributed by atoms with van der Waals surface area (Å²) >= 11 is 1.20. The van der Waals surface area contributed by atoms with Crippen LogP contribution in [0.25, 0.3) is 11.1 Å². The molecule has 134 valence electrons. The van der Waals surface area contributed by atoms with Crippen LogP contribution in [0.3, 0.4) is 0 Å². The summed E-state index contributed by atoms with van der Waals surface area (Å²) in [7, 11) is -3.58. The predicted octanol–water partition coefficient (Wildman–Crippen LogP) is 1.26. The minimum absolute atomic E-state index is 0.173. The zero-order valence-corrected chi connectivity index (χ0v) is 14.8. The van der Waals surface area contributed by atoms with Crippen LogP contribution in [0, 0.1) is 0 Å². The topological polar surface area (TPSA) is 98.9 Å². The molecule has 3 heterocycles. The lowest BCUT2D eigenvalue weighted by atomic mass is 10.3. The van der Waals surface area contributed by atoms with Crippen molar-refractivity contribution in [1.82, 2.24) is 9.29 Å². The fourth-order valence-corrected chi connectivity index (χ4v) is 5.08. The van der Waals surface area contributed by atoms with Crippen molar-refractivity contribution in [3.8, 4) is 0 Å². The average Bonchev–Trinajstić information content (AvgIpc) is 3.21. The summed E-state index contributed by atoms with van der Waals surface area (Å²) in [4.78, 5) is 16.0. The molecule has 0 spiro atoms. The Bertz CT molecular complexity index is 904. The second-order valence-electron chi connectivity index (χ2n) is 5.69. The first-order valence-corrected chi connectivity index (χ1v) is 10.2. The van der Waals surface area contributed by atoms with Crippen molar-refractivity contribution in [2.24, 2.45) is 0 Å². The molecule has 1 aromatic carbocycles. The van der Waals surface area contributed by atoms with Crippen LogP contribution in [0.1, 0.15) is 6.42 Å². The molecule has 0 radical (unpaired) electrons. The minimum Gasteiger partial charge on any atom is -0.465 e. The third-order valence-corrected chi connectivity index (χ3v) is 7.06. The number of aromatic nitrogens is 1. The van der Waals surface area contributed by atoms with Gasteiger partial charge in [-0.15, -0.1) is 0 Å². The highest BCUT2D eigenvalue weighted by molar-refractivity contribution is 8.00. The fraction of sp³-hybridized carbons (Fsp3) is 0.467. The zero-order chi connectivity index (χ0) is 17.4. The number of oxazole rings is 1. The Kier molecular flexibility index (Phi) is 4.44. The lowest BCUT2D eigenvalue weighted by molar-refractivity contribution is -0.137. The number of fused-ring (bicyclic) bond motifs is 1. The largest absolute Gasteiger partial charge is 0.465 e. The number of hydrogen-bond acceptors (Lipinski definition) is 8. The van der Waals surface area contributed by atoms with Gasteiger partial charge in [-0.1, -0.05) is 11.8 Å². The van der Waals surface area contributed by atoms with Gasteiger partial charge in [0.1, 0.15) is 10.8 Å². The van der Waals surface area contributed by atoms with E-state index < -0.39 is 10.0 Å². The molecule has 0 unspecified atom stereocenters. The number of esters is 1. The van der Waals surface area contributed by atoms with Gasteiger partial charge in [0.15, 0.2) is 5.58 Å². The molecule has 0 saturated carbocycles. The first kappa shape index (κ1) is 16.8. The molecule has 0 amide bonds. The summed E-state index contributed by atoms with van der Waals surface area (Å²) in [5.74, 6) is -0.275. The molecular formula is C15H16N2O6S2. The van der Waals surface area contributed by atoms with E-state index in [1.165, 1.54) is 28.2 Å². The Labute approximate surface area is 148 Å². The molecule has 2 saturated heterocycles. The van der Waals surface area contributed by atoms with Gasteiger partial charge < -0.3 is 13.9 Å². The number of benzene rings is 1. The molecule has 25 heavy (non-hydrogen) atoms. The number of carbonyl (C=O) groups is 1. The van der Waals surface area contributed by atoms with Gasteiger partial charge in [0.25, 0.3) is 5.22 Å². The molecule has 0 bridgehead atoms. The second-order valence-corrected chi connectivity index (χ2v) is 8.78. The number of sulfonamides is 1. The third kappa shape index (κ3) is 3.26. The van der Waals surface area contributed by atoms with Gasteiger partial charge in [-0.05, 0) is 18.2 Å². The number of thioether (sulfide) groups is 1. The number of hydrogen-bond donors (Lipinski definition) is 0. The van der Waals surface area contributed by atoms with Crippen LogP contribution in [0.2, 0.25) is 0 Å². The van der Waals surface area contributed by atoms with E-state index in [0.717, 1.165) is 0 Å². The van der Waals surface area contributed by atoms with Crippen molar-refractivity contribution in [3.63, 3.8) is 0 Å². The van der Waals surface area contributed by atoms with Gasteiger partial charge in [0, 0.05) is 19.5 Å². The Morgan fingerprint density at radius 1 is 1.20 bits per heavy atom. The zero-order valence-electron chi connectivity index (χ0n) is 13.2. The van der Waals surface area contributed by atoms with E-state index in [-0.39, 0.29) is 16.1 Å². The molecule has 8 nitrogen and oxygen atoms in total. The van der Waals surface area contributed by atoms with Gasteiger partial charge in [0.05, 0.1) is 24.7 Å². The van der Waals surface area contributed by atoms with Crippen LogP contribution in [-0.2, 0) is 24.3 Å². The van der Waals surface area contributed by atoms with Gasteiger partial charge >= 0.3 is 5.97 Å².